The number of thiazole rings is 1. The van der Waals surface area contributed by atoms with Crippen LogP contribution in [0.15, 0.2) is 66.0 Å². The minimum atomic E-state index is -0.605. The summed E-state index contributed by atoms with van der Waals surface area (Å²) in [5, 5.41) is 7.85. The van der Waals surface area contributed by atoms with Crippen molar-refractivity contribution < 1.29 is 19.1 Å². The highest BCUT2D eigenvalue weighted by atomic mass is 32.1. The van der Waals surface area contributed by atoms with Crippen molar-refractivity contribution >= 4 is 34.4 Å². The van der Waals surface area contributed by atoms with Crippen LogP contribution in [-0.4, -0.2) is 46.9 Å². The first-order valence-corrected chi connectivity index (χ1v) is 12.5. The third-order valence-electron chi connectivity index (χ3n) is 5.70. The quantitative estimate of drug-likeness (QED) is 0.473. The fraction of sp³-hybridized carbons (Fsp3) is 0.308. The van der Waals surface area contributed by atoms with Gasteiger partial charge in [0.05, 0.1) is 12.1 Å². The van der Waals surface area contributed by atoms with E-state index in [-0.39, 0.29) is 24.8 Å². The van der Waals surface area contributed by atoms with E-state index in [1.807, 2.05) is 60.7 Å². The number of nitrogens with one attached hydrogen (secondary N) is 2. The summed E-state index contributed by atoms with van der Waals surface area (Å²) in [4.78, 5) is 43.5. The van der Waals surface area contributed by atoms with Crippen molar-refractivity contribution in [1.82, 2.24) is 15.2 Å². The summed E-state index contributed by atoms with van der Waals surface area (Å²) in [6.45, 7) is 1.18. The molecule has 2 heterocycles. The van der Waals surface area contributed by atoms with Crippen molar-refractivity contribution in [2.45, 2.75) is 38.3 Å². The highest BCUT2D eigenvalue weighted by Gasteiger charge is 2.35. The van der Waals surface area contributed by atoms with Crippen molar-refractivity contribution in [2.75, 3.05) is 18.4 Å². The number of hydrogen-bond acceptors (Lipinski definition) is 6. The number of likely N-dealkylation sites (tertiary alicyclic amines) is 1. The summed E-state index contributed by atoms with van der Waals surface area (Å²) in [7, 11) is 0. The zero-order chi connectivity index (χ0) is 24.5. The fourth-order valence-electron chi connectivity index (χ4n) is 3.91. The lowest BCUT2D eigenvalue weighted by atomic mass is 10.1. The average molecular weight is 493 g/mol. The van der Waals surface area contributed by atoms with Crippen molar-refractivity contribution in [2.24, 2.45) is 0 Å². The van der Waals surface area contributed by atoms with Gasteiger partial charge in [0.1, 0.15) is 12.6 Å². The maximum Gasteiger partial charge on any atom is 0.410 e. The van der Waals surface area contributed by atoms with Crippen LogP contribution in [0.2, 0.25) is 0 Å². The standard InChI is InChI=1S/C26H28N4O4S/c31-23(27-14-13-19-8-3-1-4-9-19)16-21-18-35-25(28-21)29-24(32)22-12-7-15-30(22)26(33)34-17-20-10-5-2-6-11-20/h1-6,8-11,18,22H,7,12-17H2,(H,27,31)(H,28,29,32). The van der Waals surface area contributed by atoms with E-state index in [0.29, 0.717) is 30.3 Å². The Balaban J connectivity index is 1.23. The summed E-state index contributed by atoms with van der Waals surface area (Å²) in [6.07, 6.45) is 1.69. The Kier molecular flexibility index (Phi) is 8.45. The molecule has 3 amide bonds. The summed E-state index contributed by atoms with van der Waals surface area (Å²) in [6, 6.07) is 18.8. The highest BCUT2D eigenvalue weighted by molar-refractivity contribution is 7.13. The monoisotopic (exact) mass is 492 g/mol. The Hall–Kier alpha value is -3.72. The molecular formula is C26H28N4O4S. The largest absolute Gasteiger partial charge is 0.445 e. The number of rotatable bonds is 9. The van der Waals surface area contributed by atoms with E-state index in [0.717, 1.165) is 24.0 Å². The number of carbonyl (C=O) groups excluding carboxylic acids is 3. The van der Waals surface area contributed by atoms with Gasteiger partial charge in [-0.15, -0.1) is 11.3 Å². The van der Waals surface area contributed by atoms with Gasteiger partial charge in [0.2, 0.25) is 11.8 Å². The Morgan fingerprint density at radius 3 is 2.49 bits per heavy atom. The van der Waals surface area contributed by atoms with Crippen molar-refractivity contribution in [3.05, 3.63) is 82.9 Å². The van der Waals surface area contributed by atoms with Gasteiger partial charge in [-0.3, -0.25) is 14.5 Å². The first-order valence-electron chi connectivity index (χ1n) is 11.6. The first-order chi connectivity index (χ1) is 17.1. The lowest BCUT2D eigenvalue weighted by molar-refractivity contribution is -0.120. The molecule has 1 aliphatic rings. The number of aromatic nitrogens is 1. The second kappa shape index (κ2) is 12.1. The third kappa shape index (κ3) is 7.13. The molecule has 4 rings (SSSR count). The van der Waals surface area contributed by atoms with Crippen molar-refractivity contribution in [1.29, 1.82) is 0 Å². The van der Waals surface area contributed by atoms with Crippen molar-refractivity contribution in [3.63, 3.8) is 0 Å². The molecule has 8 nitrogen and oxygen atoms in total. The molecule has 0 aliphatic carbocycles. The lowest BCUT2D eigenvalue weighted by Crippen LogP contribution is -2.43. The molecule has 2 N–H and O–H groups in total. The molecule has 2 aromatic carbocycles. The second-order valence-corrected chi connectivity index (χ2v) is 9.15. The van der Waals surface area contributed by atoms with Gasteiger partial charge in [0, 0.05) is 18.5 Å². The summed E-state index contributed by atoms with van der Waals surface area (Å²) in [5.41, 5.74) is 2.64. The normalized spacial score (nSPS) is 15.0. The Morgan fingerprint density at radius 2 is 1.74 bits per heavy atom. The SMILES string of the molecule is O=C(Cc1csc(NC(=O)C2CCCN2C(=O)OCc2ccccc2)n1)NCCc1ccccc1. The third-order valence-corrected chi connectivity index (χ3v) is 6.50. The molecule has 1 unspecified atom stereocenters. The summed E-state index contributed by atoms with van der Waals surface area (Å²) < 4.78 is 5.40. The van der Waals surface area contributed by atoms with Crippen LogP contribution in [0.25, 0.3) is 0 Å². The summed E-state index contributed by atoms with van der Waals surface area (Å²) >= 11 is 1.26. The molecular weight excluding hydrogens is 464 g/mol. The molecule has 9 heteroatoms. The van der Waals surface area contributed by atoms with Crippen LogP contribution in [0.5, 0.6) is 0 Å². The van der Waals surface area contributed by atoms with E-state index < -0.39 is 12.1 Å². The van der Waals surface area contributed by atoms with Crippen LogP contribution in [0.1, 0.15) is 29.7 Å². The van der Waals surface area contributed by atoms with Gasteiger partial charge < -0.3 is 15.4 Å². The zero-order valence-electron chi connectivity index (χ0n) is 19.3. The van der Waals surface area contributed by atoms with E-state index in [1.165, 1.54) is 16.2 Å². The van der Waals surface area contributed by atoms with Gasteiger partial charge in [0.15, 0.2) is 5.13 Å². The second-order valence-electron chi connectivity index (χ2n) is 8.29. The number of carbonyl (C=O) groups is 3. The number of benzene rings is 2. The van der Waals surface area contributed by atoms with Gasteiger partial charge >= 0.3 is 6.09 Å². The van der Waals surface area contributed by atoms with Crippen LogP contribution >= 0.6 is 11.3 Å². The predicted octanol–water partition coefficient (Wildman–Crippen LogP) is 3.78. The average Bonchev–Trinajstić information content (AvgIpc) is 3.54. The first kappa shape index (κ1) is 24.4. The molecule has 1 fully saturated rings. The molecule has 1 aromatic heterocycles. The number of ether oxygens (including phenoxy) is 1. The number of anilines is 1. The molecule has 1 aliphatic heterocycles. The van der Waals surface area contributed by atoms with E-state index in [2.05, 4.69) is 15.6 Å². The number of hydrogen-bond donors (Lipinski definition) is 2. The number of amides is 3. The maximum atomic E-state index is 12.8. The molecule has 0 bridgehead atoms. The van der Waals surface area contributed by atoms with Crippen LogP contribution in [0.4, 0.5) is 9.93 Å². The van der Waals surface area contributed by atoms with Gasteiger partial charge in [-0.25, -0.2) is 9.78 Å². The molecule has 182 valence electrons. The van der Waals surface area contributed by atoms with E-state index >= 15 is 0 Å². The smallest absolute Gasteiger partial charge is 0.410 e. The van der Waals surface area contributed by atoms with Gasteiger partial charge in [-0.1, -0.05) is 60.7 Å². The Labute approximate surface area is 208 Å². The van der Waals surface area contributed by atoms with E-state index in [4.69, 9.17) is 4.74 Å². The fourth-order valence-corrected chi connectivity index (χ4v) is 4.63. The Bertz CT molecular complexity index is 1140. The molecule has 0 radical (unpaired) electrons. The van der Waals surface area contributed by atoms with E-state index in [1.54, 1.807) is 5.38 Å². The predicted molar refractivity (Wildman–Crippen MR) is 134 cm³/mol. The van der Waals surface area contributed by atoms with Crippen LogP contribution < -0.4 is 10.6 Å². The van der Waals surface area contributed by atoms with E-state index in [9.17, 15) is 14.4 Å². The molecule has 35 heavy (non-hydrogen) atoms. The van der Waals surface area contributed by atoms with Crippen LogP contribution in [0, 0.1) is 0 Å². The maximum absolute atomic E-state index is 12.8. The minimum absolute atomic E-state index is 0.118. The number of nitrogens with zero attached hydrogens (tertiary/aromatic N) is 2. The van der Waals surface area contributed by atoms with Gasteiger partial charge in [0.25, 0.3) is 0 Å². The molecule has 0 saturated carbocycles. The van der Waals surface area contributed by atoms with Gasteiger partial charge in [-0.2, -0.15) is 0 Å². The van der Waals surface area contributed by atoms with Crippen LogP contribution in [0.3, 0.4) is 0 Å². The lowest BCUT2D eigenvalue weighted by Gasteiger charge is -2.22. The summed E-state index contributed by atoms with van der Waals surface area (Å²) in [5.74, 6) is -0.417. The van der Waals surface area contributed by atoms with Crippen LogP contribution in [-0.2, 0) is 33.8 Å². The topological polar surface area (TPSA) is 101 Å². The zero-order valence-corrected chi connectivity index (χ0v) is 20.1. The molecule has 0 spiro atoms. The molecule has 1 saturated heterocycles. The molecule has 3 aromatic rings. The minimum Gasteiger partial charge on any atom is -0.445 e. The Morgan fingerprint density at radius 1 is 1.03 bits per heavy atom. The van der Waals surface area contributed by atoms with Gasteiger partial charge in [-0.05, 0) is 30.4 Å². The van der Waals surface area contributed by atoms with Crippen molar-refractivity contribution in [3.8, 4) is 0 Å². The molecule has 1 atom stereocenters. The highest BCUT2D eigenvalue weighted by Crippen LogP contribution is 2.22.